The maximum atomic E-state index is 11.1. The molecule has 5 heteroatoms. The molecule has 0 saturated carbocycles. The summed E-state index contributed by atoms with van der Waals surface area (Å²) >= 11 is 0. The van der Waals surface area contributed by atoms with Gasteiger partial charge >= 0.3 is 6.16 Å². The highest BCUT2D eigenvalue weighted by Crippen LogP contribution is 2.23. The predicted molar refractivity (Wildman–Crippen MR) is 59.2 cm³/mol. The van der Waals surface area contributed by atoms with Crippen LogP contribution in [0, 0.1) is 5.92 Å². The third-order valence-electron chi connectivity index (χ3n) is 2.26. The highest BCUT2D eigenvalue weighted by Gasteiger charge is 2.33. The maximum absolute atomic E-state index is 11.1. The Morgan fingerprint density at radius 2 is 2.31 bits per heavy atom. The number of ether oxygens (including phenoxy) is 3. The summed E-state index contributed by atoms with van der Waals surface area (Å²) < 4.78 is 14.9. The fourth-order valence-electron chi connectivity index (χ4n) is 1.25. The molecule has 0 amide bonds. The van der Waals surface area contributed by atoms with E-state index in [9.17, 15) is 4.79 Å². The summed E-state index contributed by atoms with van der Waals surface area (Å²) in [4.78, 5) is 15.0. The Bertz CT molecular complexity index is 298. The number of carbonyl (C=O) groups excluding carboxylic acids is 1. The average molecular weight is 227 g/mol. The Morgan fingerprint density at radius 1 is 1.62 bits per heavy atom. The number of nitrogens with zero attached hydrogens (tertiary/aromatic N) is 1. The van der Waals surface area contributed by atoms with E-state index in [1.54, 1.807) is 6.92 Å². The van der Waals surface area contributed by atoms with Crippen molar-refractivity contribution in [2.45, 2.75) is 33.1 Å². The van der Waals surface area contributed by atoms with Crippen LogP contribution in [0.2, 0.25) is 0 Å². The van der Waals surface area contributed by atoms with Crippen molar-refractivity contribution >= 4 is 12.6 Å². The molecule has 0 aromatic heterocycles. The zero-order valence-electron chi connectivity index (χ0n) is 9.80. The zero-order chi connectivity index (χ0) is 12.1. The molecule has 16 heavy (non-hydrogen) atoms. The van der Waals surface area contributed by atoms with Gasteiger partial charge in [-0.2, -0.15) is 0 Å². The van der Waals surface area contributed by atoms with Crippen molar-refractivity contribution in [2.24, 2.45) is 10.9 Å². The van der Waals surface area contributed by atoms with E-state index in [4.69, 9.17) is 9.47 Å². The minimum absolute atomic E-state index is 0.236. The first kappa shape index (κ1) is 12.5. The Morgan fingerprint density at radius 3 is 2.88 bits per heavy atom. The summed E-state index contributed by atoms with van der Waals surface area (Å²) in [5.74, 6) is 0.236. The van der Waals surface area contributed by atoms with Gasteiger partial charge < -0.3 is 14.2 Å². The first-order chi connectivity index (χ1) is 7.56. The van der Waals surface area contributed by atoms with Gasteiger partial charge in [0, 0.05) is 0 Å². The fourth-order valence-corrected chi connectivity index (χ4v) is 1.25. The van der Waals surface area contributed by atoms with Crippen molar-refractivity contribution in [3.05, 3.63) is 12.2 Å². The van der Waals surface area contributed by atoms with Crippen LogP contribution in [0.1, 0.15) is 20.8 Å². The molecule has 2 atom stereocenters. The molecule has 5 nitrogen and oxygen atoms in total. The van der Waals surface area contributed by atoms with Crippen LogP contribution in [0.15, 0.2) is 17.1 Å². The lowest BCUT2D eigenvalue weighted by molar-refractivity contribution is 0.00226. The molecule has 0 fully saturated rings. The molecule has 0 aromatic carbocycles. The normalized spacial score (nSPS) is 23.0. The zero-order valence-corrected chi connectivity index (χ0v) is 9.80. The van der Waals surface area contributed by atoms with Crippen LogP contribution < -0.4 is 0 Å². The standard InChI is InChI=1S/C11H17NO4/c1-5-14-11(13)16-10-9(15-6-12-10)8(4)7(2)3/h6-7,9-10H,4-5H2,1-3H3. The van der Waals surface area contributed by atoms with Gasteiger partial charge in [-0.15, -0.1) is 0 Å². The summed E-state index contributed by atoms with van der Waals surface area (Å²) in [6, 6.07) is 0. The Hall–Kier alpha value is -1.52. The maximum Gasteiger partial charge on any atom is 0.510 e. The van der Waals surface area contributed by atoms with E-state index in [0.29, 0.717) is 0 Å². The smallest absolute Gasteiger partial charge is 0.470 e. The number of hydrogen-bond donors (Lipinski definition) is 0. The van der Waals surface area contributed by atoms with Crippen LogP contribution in [0.25, 0.3) is 0 Å². The van der Waals surface area contributed by atoms with Gasteiger partial charge in [0.05, 0.1) is 6.61 Å². The summed E-state index contributed by atoms with van der Waals surface area (Å²) in [7, 11) is 0. The largest absolute Gasteiger partial charge is 0.510 e. The summed E-state index contributed by atoms with van der Waals surface area (Å²) in [5, 5.41) is 0. The van der Waals surface area contributed by atoms with E-state index in [1.165, 1.54) is 6.40 Å². The minimum Gasteiger partial charge on any atom is -0.470 e. The van der Waals surface area contributed by atoms with Crippen LogP contribution >= 0.6 is 0 Å². The third-order valence-corrected chi connectivity index (χ3v) is 2.26. The van der Waals surface area contributed by atoms with Gasteiger partial charge in [-0.05, 0) is 18.4 Å². The summed E-state index contributed by atoms with van der Waals surface area (Å²) in [6.45, 7) is 9.86. The molecular formula is C11H17NO4. The van der Waals surface area contributed by atoms with Gasteiger partial charge in [0.25, 0.3) is 0 Å². The second-order valence-corrected chi connectivity index (χ2v) is 3.73. The number of aliphatic imine (C=N–C) groups is 1. The molecule has 1 aliphatic rings. The van der Waals surface area contributed by atoms with Crippen molar-refractivity contribution in [2.75, 3.05) is 6.61 Å². The minimum atomic E-state index is -0.739. The van der Waals surface area contributed by atoms with E-state index in [2.05, 4.69) is 16.3 Å². The van der Waals surface area contributed by atoms with Gasteiger partial charge in [0.1, 0.15) is 0 Å². The lowest BCUT2D eigenvalue weighted by Crippen LogP contribution is -2.30. The van der Waals surface area contributed by atoms with Gasteiger partial charge in [-0.1, -0.05) is 20.4 Å². The molecule has 0 aliphatic carbocycles. The first-order valence-corrected chi connectivity index (χ1v) is 5.25. The number of carbonyl (C=O) groups is 1. The van der Waals surface area contributed by atoms with Gasteiger partial charge in [0.15, 0.2) is 12.5 Å². The van der Waals surface area contributed by atoms with Crippen molar-refractivity contribution in [1.29, 1.82) is 0 Å². The predicted octanol–water partition coefficient (Wildman–Crippen LogP) is 2.12. The van der Waals surface area contributed by atoms with Crippen molar-refractivity contribution in [3.8, 4) is 0 Å². The molecule has 0 bridgehead atoms. The summed E-state index contributed by atoms with van der Waals surface area (Å²) in [5.41, 5.74) is 0.840. The third kappa shape index (κ3) is 2.98. The Labute approximate surface area is 95.1 Å². The van der Waals surface area contributed by atoms with E-state index in [-0.39, 0.29) is 12.5 Å². The number of hydrogen-bond acceptors (Lipinski definition) is 5. The molecule has 0 spiro atoms. The highest BCUT2D eigenvalue weighted by atomic mass is 16.7. The van der Waals surface area contributed by atoms with E-state index in [1.807, 2.05) is 13.8 Å². The molecule has 0 aromatic rings. The average Bonchev–Trinajstić information content (AvgIpc) is 2.64. The Balaban J connectivity index is 2.55. The van der Waals surface area contributed by atoms with Crippen LogP contribution in [-0.4, -0.2) is 31.5 Å². The SMILES string of the molecule is C=C(C(C)C)C1OC=NC1OC(=O)OCC. The molecule has 1 heterocycles. The molecule has 0 radical (unpaired) electrons. The molecule has 0 N–H and O–H groups in total. The van der Waals surface area contributed by atoms with E-state index in [0.717, 1.165) is 5.57 Å². The van der Waals surface area contributed by atoms with Crippen molar-refractivity contribution in [3.63, 3.8) is 0 Å². The van der Waals surface area contributed by atoms with E-state index >= 15 is 0 Å². The monoisotopic (exact) mass is 227 g/mol. The lowest BCUT2D eigenvalue weighted by Gasteiger charge is -2.21. The first-order valence-electron chi connectivity index (χ1n) is 5.25. The van der Waals surface area contributed by atoms with Crippen LogP contribution in [-0.2, 0) is 14.2 Å². The molecule has 2 unspecified atom stereocenters. The lowest BCUT2D eigenvalue weighted by atomic mass is 9.99. The van der Waals surface area contributed by atoms with Gasteiger partial charge in [-0.25, -0.2) is 9.79 Å². The Kier molecular flexibility index (Phi) is 4.34. The number of rotatable bonds is 4. The van der Waals surface area contributed by atoms with E-state index < -0.39 is 18.5 Å². The second-order valence-electron chi connectivity index (χ2n) is 3.73. The van der Waals surface area contributed by atoms with Gasteiger partial charge in [-0.3, -0.25) is 0 Å². The topological polar surface area (TPSA) is 57.1 Å². The second kappa shape index (κ2) is 5.53. The molecule has 0 saturated heterocycles. The molecule has 1 aliphatic heterocycles. The van der Waals surface area contributed by atoms with Crippen LogP contribution in [0.4, 0.5) is 4.79 Å². The fraction of sp³-hybridized carbons (Fsp3) is 0.636. The molecular weight excluding hydrogens is 210 g/mol. The van der Waals surface area contributed by atoms with Crippen LogP contribution in [0.3, 0.4) is 0 Å². The van der Waals surface area contributed by atoms with Crippen molar-refractivity contribution in [1.82, 2.24) is 0 Å². The molecule has 90 valence electrons. The summed E-state index contributed by atoms with van der Waals surface area (Å²) in [6.07, 6.45) is -0.558. The van der Waals surface area contributed by atoms with Gasteiger partial charge in [0.2, 0.25) is 6.23 Å². The highest BCUT2D eigenvalue weighted by molar-refractivity contribution is 5.61. The molecule has 1 rings (SSSR count). The quantitative estimate of drug-likeness (QED) is 0.545. The van der Waals surface area contributed by atoms with Crippen LogP contribution in [0.5, 0.6) is 0 Å². The van der Waals surface area contributed by atoms with Crippen molar-refractivity contribution < 1.29 is 19.0 Å².